The normalized spacial score (nSPS) is 20.6. The number of methoxy groups -OCH3 is 1. The maximum atomic E-state index is 5.21. The molecule has 0 saturated carbocycles. The fourth-order valence-electron chi connectivity index (χ4n) is 2.07. The molecule has 0 spiro atoms. The molecule has 0 aliphatic carbocycles. The Morgan fingerprint density at radius 1 is 1.50 bits per heavy atom. The van der Waals surface area contributed by atoms with Gasteiger partial charge in [-0.05, 0) is 30.0 Å². The summed E-state index contributed by atoms with van der Waals surface area (Å²) in [4.78, 5) is 0. The van der Waals surface area contributed by atoms with Crippen molar-refractivity contribution in [2.45, 2.75) is 32.5 Å². The summed E-state index contributed by atoms with van der Waals surface area (Å²) in [5, 5.41) is 3.47. The van der Waals surface area contributed by atoms with Crippen molar-refractivity contribution in [1.29, 1.82) is 0 Å². The first-order valence-electron chi connectivity index (χ1n) is 5.13. The van der Waals surface area contributed by atoms with Gasteiger partial charge in [-0.25, -0.2) is 0 Å². The third-order valence-electron chi connectivity index (χ3n) is 2.82. The minimum atomic E-state index is 0.584. The molecule has 76 valence electrons. The van der Waals surface area contributed by atoms with Crippen LogP contribution in [0, 0.1) is 0 Å². The zero-order chi connectivity index (χ0) is 9.97. The third kappa shape index (κ3) is 1.81. The van der Waals surface area contributed by atoms with Crippen LogP contribution in [0.15, 0.2) is 18.2 Å². The van der Waals surface area contributed by atoms with E-state index in [-0.39, 0.29) is 0 Å². The van der Waals surface area contributed by atoms with Gasteiger partial charge < -0.3 is 10.1 Å². The summed E-state index contributed by atoms with van der Waals surface area (Å²) in [7, 11) is 1.75. The van der Waals surface area contributed by atoms with Crippen LogP contribution in [0.25, 0.3) is 0 Å². The SMILES string of the molecule is COCc1cccc2c1CC(C)NC2. The van der Waals surface area contributed by atoms with Gasteiger partial charge in [-0.1, -0.05) is 18.2 Å². The lowest BCUT2D eigenvalue weighted by Gasteiger charge is -2.25. The van der Waals surface area contributed by atoms with E-state index in [9.17, 15) is 0 Å². The van der Waals surface area contributed by atoms with Gasteiger partial charge >= 0.3 is 0 Å². The summed E-state index contributed by atoms with van der Waals surface area (Å²) < 4.78 is 5.21. The molecule has 1 aromatic rings. The predicted molar refractivity (Wildman–Crippen MR) is 57.2 cm³/mol. The molecule has 0 amide bonds. The molecule has 0 bridgehead atoms. The van der Waals surface area contributed by atoms with E-state index in [1.165, 1.54) is 16.7 Å². The number of fused-ring (bicyclic) bond motifs is 1. The van der Waals surface area contributed by atoms with E-state index in [2.05, 4.69) is 30.4 Å². The Morgan fingerprint density at radius 2 is 2.36 bits per heavy atom. The van der Waals surface area contributed by atoms with Crippen molar-refractivity contribution in [3.63, 3.8) is 0 Å². The second-order valence-electron chi connectivity index (χ2n) is 3.97. The lowest BCUT2D eigenvalue weighted by Crippen LogP contribution is -2.33. The largest absolute Gasteiger partial charge is 0.380 e. The lowest BCUT2D eigenvalue weighted by atomic mass is 9.92. The molecule has 1 unspecified atom stereocenters. The van der Waals surface area contributed by atoms with Crippen LogP contribution in [0.2, 0.25) is 0 Å². The maximum absolute atomic E-state index is 5.21. The lowest BCUT2D eigenvalue weighted by molar-refractivity contribution is 0.183. The Labute approximate surface area is 85.3 Å². The minimum absolute atomic E-state index is 0.584. The van der Waals surface area contributed by atoms with Gasteiger partial charge in [-0.3, -0.25) is 0 Å². The molecular formula is C12H17NO. The molecule has 0 aromatic heterocycles. The minimum Gasteiger partial charge on any atom is -0.380 e. The van der Waals surface area contributed by atoms with Crippen LogP contribution in [0.5, 0.6) is 0 Å². The predicted octanol–water partition coefficient (Wildman–Crippen LogP) is 1.87. The summed E-state index contributed by atoms with van der Waals surface area (Å²) in [6.07, 6.45) is 1.12. The summed E-state index contributed by atoms with van der Waals surface area (Å²) in [6, 6.07) is 7.07. The molecule has 2 heteroatoms. The van der Waals surface area contributed by atoms with Crippen LogP contribution in [0.1, 0.15) is 23.6 Å². The molecule has 0 saturated heterocycles. The molecule has 1 aliphatic rings. The molecule has 1 N–H and O–H groups in total. The van der Waals surface area contributed by atoms with Gasteiger partial charge in [-0.15, -0.1) is 0 Å². The van der Waals surface area contributed by atoms with Crippen LogP contribution in [0.4, 0.5) is 0 Å². The monoisotopic (exact) mass is 191 g/mol. The highest BCUT2D eigenvalue weighted by atomic mass is 16.5. The molecule has 0 radical (unpaired) electrons. The van der Waals surface area contributed by atoms with Gasteiger partial charge in [0.15, 0.2) is 0 Å². The number of hydrogen-bond acceptors (Lipinski definition) is 2. The Kier molecular flexibility index (Phi) is 2.85. The standard InChI is InChI=1S/C12H17NO/c1-9-6-12-10(7-13-9)4-3-5-11(12)8-14-2/h3-5,9,13H,6-8H2,1-2H3. The molecule has 1 aliphatic heterocycles. The van der Waals surface area contributed by atoms with Crippen LogP contribution >= 0.6 is 0 Å². The summed E-state index contributed by atoms with van der Waals surface area (Å²) in [5.41, 5.74) is 4.26. The quantitative estimate of drug-likeness (QED) is 0.770. The summed E-state index contributed by atoms with van der Waals surface area (Å²) in [5.74, 6) is 0. The van der Waals surface area contributed by atoms with Crippen LogP contribution in [0.3, 0.4) is 0 Å². The number of benzene rings is 1. The Hall–Kier alpha value is -0.860. The smallest absolute Gasteiger partial charge is 0.0715 e. The van der Waals surface area contributed by atoms with Crippen molar-refractivity contribution in [1.82, 2.24) is 5.32 Å². The van der Waals surface area contributed by atoms with Gasteiger partial charge in [0.1, 0.15) is 0 Å². The van der Waals surface area contributed by atoms with E-state index in [0.29, 0.717) is 6.04 Å². The van der Waals surface area contributed by atoms with Crippen molar-refractivity contribution < 1.29 is 4.74 Å². The van der Waals surface area contributed by atoms with Gasteiger partial charge in [0, 0.05) is 19.7 Å². The average molecular weight is 191 g/mol. The number of hydrogen-bond donors (Lipinski definition) is 1. The molecule has 1 aromatic carbocycles. The fraction of sp³-hybridized carbons (Fsp3) is 0.500. The first-order chi connectivity index (χ1) is 6.81. The summed E-state index contributed by atoms with van der Waals surface area (Å²) in [6.45, 7) is 3.95. The van der Waals surface area contributed by atoms with Gasteiger partial charge in [0.05, 0.1) is 6.61 Å². The Bertz CT molecular complexity index is 322. The summed E-state index contributed by atoms with van der Waals surface area (Å²) >= 11 is 0. The van der Waals surface area contributed by atoms with Crippen LogP contribution in [-0.2, 0) is 24.3 Å². The van der Waals surface area contributed by atoms with Gasteiger partial charge in [0.2, 0.25) is 0 Å². The Morgan fingerprint density at radius 3 is 3.14 bits per heavy atom. The van der Waals surface area contributed by atoms with Crippen LogP contribution < -0.4 is 5.32 Å². The average Bonchev–Trinajstić information content (AvgIpc) is 2.19. The van der Waals surface area contributed by atoms with Gasteiger partial charge in [-0.2, -0.15) is 0 Å². The van der Waals surface area contributed by atoms with E-state index in [1.54, 1.807) is 7.11 Å². The van der Waals surface area contributed by atoms with E-state index < -0.39 is 0 Å². The highest BCUT2D eigenvalue weighted by molar-refractivity contribution is 5.37. The highest BCUT2D eigenvalue weighted by Gasteiger charge is 2.16. The molecular weight excluding hydrogens is 174 g/mol. The molecule has 2 nitrogen and oxygen atoms in total. The van der Waals surface area contributed by atoms with E-state index in [4.69, 9.17) is 4.74 Å². The second-order valence-corrected chi connectivity index (χ2v) is 3.97. The zero-order valence-corrected chi connectivity index (χ0v) is 8.84. The number of nitrogens with one attached hydrogen (secondary N) is 1. The third-order valence-corrected chi connectivity index (χ3v) is 2.82. The van der Waals surface area contributed by atoms with Crippen molar-refractivity contribution in [3.8, 4) is 0 Å². The van der Waals surface area contributed by atoms with E-state index >= 15 is 0 Å². The van der Waals surface area contributed by atoms with Crippen molar-refractivity contribution >= 4 is 0 Å². The van der Waals surface area contributed by atoms with E-state index in [0.717, 1.165) is 19.6 Å². The van der Waals surface area contributed by atoms with Crippen molar-refractivity contribution in [3.05, 3.63) is 34.9 Å². The first-order valence-corrected chi connectivity index (χ1v) is 5.13. The van der Waals surface area contributed by atoms with Crippen molar-refractivity contribution in [2.75, 3.05) is 7.11 Å². The van der Waals surface area contributed by atoms with Crippen molar-refractivity contribution in [2.24, 2.45) is 0 Å². The first kappa shape index (κ1) is 9.69. The fourth-order valence-corrected chi connectivity index (χ4v) is 2.07. The molecule has 2 rings (SSSR count). The van der Waals surface area contributed by atoms with Crippen LogP contribution in [-0.4, -0.2) is 13.2 Å². The molecule has 0 fully saturated rings. The maximum Gasteiger partial charge on any atom is 0.0715 e. The van der Waals surface area contributed by atoms with E-state index in [1.807, 2.05) is 0 Å². The highest BCUT2D eigenvalue weighted by Crippen LogP contribution is 2.21. The topological polar surface area (TPSA) is 21.3 Å². The molecule has 1 atom stereocenters. The molecule has 14 heavy (non-hydrogen) atoms. The number of ether oxygens (including phenoxy) is 1. The Balaban J connectivity index is 2.33. The molecule has 1 heterocycles. The van der Waals surface area contributed by atoms with Gasteiger partial charge in [0.25, 0.3) is 0 Å². The zero-order valence-electron chi connectivity index (χ0n) is 8.84. The number of rotatable bonds is 2. The second kappa shape index (κ2) is 4.11.